The van der Waals surface area contributed by atoms with Crippen molar-refractivity contribution in [2.45, 2.75) is 59.3 Å². The van der Waals surface area contributed by atoms with Crippen molar-refractivity contribution in [3.8, 4) is 0 Å². The van der Waals surface area contributed by atoms with Crippen LogP contribution in [0.15, 0.2) is 65.1 Å². The predicted octanol–water partition coefficient (Wildman–Crippen LogP) is 9.20. The maximum Gasteiger partial charge on any atom is 0.338 e. The summed E-state index contributed by atoms with van der Waals surface area (Å²) in [6, 6.07) is 20.3. The summed E-state index contributed by atoms with van der Waals surface area (Å²) in [6.45, 7) is 9.03. The highest BCUT2D eigenvalue weighted by Gasteiger charge is 2.20. The molecule has 6 rings (SSSR count). The van der Waals surface area contributed by atoms with Crippen LogP contribution in [0.5, 0.6) is 0 Å². The van der Waals surface area contributed by atoms with Gasteiger partial charge in [0.1, 0.15) is 16.6 Å². The third-order valence-electron chi connectivity index (χ3n) is 7.90. The Labute approximate surface area is 240 Å². The number of benzene rings is 4. The zero-order valence-corrected chi connectivity index (χ0v) is 24.2. The maximum atomic E-state index is 12.7. The van der Waals surface area contributed by atoms with Gasteiger partial charge in [-0.2, -0.15) is 0 Å². The van der Waals surface area contributed by atoms with Gasteiger partial charge in [0.2, 0.25) is 0 Å². The van der Waals surface area contributed by atoms with E-state index in [1.807, 2.05) is 12.1 Å². The lowest BCUT2D eigenvalue weighted by Gasteiger charge is -2.24. The quantitative estimate of drug-likeness (QED) is 0.0697. The van der Waals surface area contributed by atoms with E-state index in [1.165, 1.54) is 5.69 Å². The molecule has 0 atom stereocenters. The first-order valence-electron chi connectivity index (χ1n) is 15.0. The lowest BCUT2D eigenvalue weighted by atomic mass is 10.0. The van der Waals surface area contributed by atoms with Crippen molar-refractivity contribution in [3.05, 3.63) is 66.2 Å². The minimum absolute atomic E-state index is 0.335. The summed E-state index contributed by atoms with van der Waals surface area (Å²) in [6.07, 6.45) is 6.47. The third kappa shape index (κ3) is 5.08. The summed E-state index contributed by atoms with van der Waals surface area (Å²) in [5, 5.41) is 4.25. The average molecular weight is 548 g/mol. The number of ether oxygens (including phenoxy) is 1. The Balaban J connectivity index is 1.54. The number of rotatable bonds is 11. The van der Waals surface area contributed by atoms with Gasteiger partial charge >= 0.3 is 5.97 Å². The van der Waals surface area contributed by atoms with Crippen molar-refractivity contribution >= 4 is 66.4 Å². The Morgan fingerprint density at radius 2 is 1.51 bits per heavy atom. The van der Waals surface area contributed by atoms with Crippen LogP contribution in [0.1, 0.15) is 69.7 Å². The summed E-state index contributed by atoms with van der Waals surface area (Å²) in [4.78, 5) is 25.2. The molecule has 0 spiro atoms. The predicted molar refractivity (Wildman–Crippen MR) is 169 cm³/mol. The molecule has 0 aliphatic carbocycles. The number of aromatic nitrogens is 2. The summed E-state index contributed by atoms with van der Waals surface area (Å²) in [5.74, 6) is -0.335. The van der Waals surface area contributed by atoms with E-state index in [-0.39, 0.29) is 5.97 Å². The number of hydrogen-bond donors (Lipinski definition) is 0. The van der Waals surface area contributed by atoms with Crippen LogP contribution >= 0.6 is 0 Å². The summed E-state index contributed by atoms with van der Waals surface area (Å²) >= 11 is 0. The van der Waals surface area contributed by atoms with Crippen LogP contribution in [0.25, 0.3) is 54.8 Å². The molecule has 0 aliphatic heterocycles. The van der Waals surface area contributed by atoms with Gasteiger partial charge in [0.15, 0.2) is 5.58 Å². The Morgan fingerprint density at radius 1 is 0.780 bits per heavy atom. The van der Waals surface area contributed by atoms with Gasteiger partial charge in [-0.25, -0.2) is 14.8 Å². The van der Waals surface area contributed by atoms with Gasteiger partial charge in [-0.3, -0.25) is 0 Å². The SMILES string of the molecule is CCCCOC(=O)c1ccc2nc3c4ccccc4c4c5ccc(N(CCCC)CCCC)cc5oc4c3nc2c1. The van der Waals surface area contributed by atoms with E-state index in [2.05, 4.69) is 62.1 Å². The number of unbranched alkanes of at least 4 members (excludes halogenated alkanes) is 3. The number of nitrogens with zero attached hydrogens (tertiary/aromatic N) is 3. The molecule has 0 N–H and O–H groups in total. The van der Waals surface area contributed by atoms with Gasteiger partial charge in [-0.05, 0) is 55.0 Å². The lowest BCUT2D eigenvalue weighted by Crippen LogP contribution is -2.25. The summed E-state index contributed by atoms with van der Waals surface area (Å²) in [5.41, 5.74) is 6.12. The van der Waals surface area contributed by atoms with Gasteiger partial charge in [0.05, 0.1) is 23.2 Å². The molecule has 6 heteroatoms. The minimum atomic E-state index is -0.335. The first-order valence-corrected chi connectivity index (χ1v) is 15.0. The Kier molecular flexibility index (Phi) is 7.73. The smallest absolute Gasteiger partial charge is 0.338 e. The molecule has 0 bridgehead atoms. The third-order valence-corrected chi connectivity index (χ3v) is 7.90. The van der Waals surface area contributed by atoms with Crippen LogP contribution in [-0.2, 0) is 4.74 Å². The van der Waals surface area contributed by atoms with Crippen molar-refractivity contribution in [2.24, 2.45) is 0 Å². The minimum Gasteiger partial charge on any atom is -0.462 e. The number of fused-ring (bicyclic) bond motifs is 9. The first kappa shape index (κ1) is 27.0. The van der Waals surface area contributed by atoms with E-state index in [4.69, 9.17) is 19.1 Å². The second kappa shape index (κ2) is 11.7. The van der Waals surface area contributed by atoms with Crippen LogP contribution in [-0.4, -0.2) is 35.6 Å². The Hall–Kier alpha value is -4.19. The monoisotopic (exact) mass is 547 g/mol. The standard InChI is InChI=1S/C35H37N3O3/c1-4-7-18-38(19-8-5-2)24-15-16-27-30(22-24)41-34-31(27)25-12-10-11-13-26(25)32-33(34)37-29-21-23(14-17-28(29)36-32)35(39)40-20-9-6-3/h10-17,21-22H,4-9,18-20H2,1-3H3. The van der Waals surface area contributed by atoms with Gasteiger partial charge in [-0.1, -0.05) is 64.3 Å². The number of esters is 1. The van der Waals surface area contributed by atoms with E-state index in [9.17, 15) is 4.79 Å². The molecule has 0 amide bonds. The fourth-order valence-electron chi connectivity index (χ4n) is 5.61. The second-order valence-electron chi connectivity index (χ2n) is 10.8. The van der Waals surface area contributed by atoms with Crippen molar-refractivity contribution in [1.29, 1.82) is 0 Å². The van der Waals surface area contributed by atoms with Crippen molar-refractivity contribution in [2.75, 3.05) is 24.6 Å². The highest BCUT2D eigenvalue weighted by Crippen LogP contribution is 2.41. The van der Waals surface area contributed by atoms with E-state index in [1.54, 1.807) is 12.1 Å². The average Bonchev–Trinajstić information content (AvgIpc) is 3.39. The molecule has 0 aliphatic rings. The molecule has 2 aromatic heterocycles. The van der Waals surface area contributed by atoms with Crippen LogP contribution in [0.2, 0.25) is 0 Å². The van der Waals surface area contributed by atoms with Crippen molar-refractivity contribution in [1.82, 2.24) is 9.97 Å². The molecule has 2 heterocycles. The topological polar surface area (TPSA) is 68.5 Å². The molecule has 4 aromatic carbocycles. The zero-order chi connectivity index (χ0) is 28.3. The molecular weight excluding hydrogens is 510 g/mol. The molecule has 0 fully saturated rings. The number of carbonyl (C=O) groups excluding carboxylic acids is 1. The normalized spacial score (nSPS) is 11.8. The van der Waals surface area contributed by atoms with Gasteiger partial charge in [0, 0.05) is 41.0 Å². The molecule has 0 saturated carbocycles. The zero-order valence-electron chi connectivity index (χ0n) is 24.2. The van der Waals surface area contributed by atoms with Crippen LogP contribution in [0.4, 0.5) is 5.69 Å². The van der Waals surface area contributed by atoms with Gasteiger partial charge in [-0.15, -0.1) is 0 Å². The maximum absolute atomic E-state index is 12.7. The summed E-state index contributed by atoms with van der Waals surface area (Å²) in [7, 11) is 0. The number of hydrogen-bond acceptors (Lipinski definition) is 6. The van der Waals surface area contributed by atoms with Crippen molar-refractivity contribution < 1.29 is 13.9 Å². The van der Waals surface area contributed by atoms with Crippen LogP contribution in [0.3, 0.4) is 0 Å². The summed E-state index contributed by atoms with van der Waals surface area (Å²) < 4.78 is 12.1. The number of carbonyl (C=O) groups is 1. The van der Waals surface area contributed by atoms with E-state index in [0.717, 1.165) is 95.4 Å². The lowest BCUT2D eigenvalue weighted by molar-refractivity contribution is 0.0500. The van der Waals surface area contributed by atoms with E-state index < -0.39 is 0 Å². The highest BCUT2D eigenvalue weighted by molar-refractivity contribution is 6.29. The fourth-order valence-corrected chi connectivity index (χ4v) is 5.61. The highest BCUT2D eigenvalue weighted by atomic mass is 16.5. The Morgan fingerprint density at radius 3 is 2.27 bits per heavy atom. The molecule has 0 unspecified atom stereocenters. The van der Waals surface area contributed by atoms with Gasteiger partial charge < -0.3 is 14.1 Å². The van der Waals surface area contributed by atoms with Crippen molar-refractivity contribution in [3.63, 3.8) is 0 Å². The van der Waals surface area contributed by atoms with Gasteiger partial charge in [0.25, 0.3) is 0 Å². The fraction of sp³-hybridized carbons (Fsp3) is 0.343. The molecule has 41 heavy (non-hydrogen) atoms. The first-order chi connectivity index (χ1) is 20.1. The molecule has 0 saturated heterocycles. The number of furan rings is 1. The molecule has 0 radical (unpaired) electrons. The molecule has 210 valence electrons. The largest absolute Gasteiger partial charge is 0.462 e. The van der Waals surface area contributed by atoms with Crippen LogP contribution < -0.4 is 4.90 Å². The molecule has 6 nitrogen and oxygen atoms in total. The second-order valence-corrected chi connectivity index (χ2v) is 10.8. The van der Waals surface area contributed by atoms with E-state index in [0.29, 0.717) is 23.2 Å². The van der Waals surface area contributed by atoms with E-state index >= 15 is 0 Å². The molecule has 6 aromatic rings. The molecular formula is C35H37N3O3. The Bertz CT molecular complexity index is 1870. The van der Waals surface area contributed by atoms with Crippen LogP contribution in [0, 0.1) is 0 Å². The number of anilines is 1.